The van der Waals surface area contributed by atoms with Gasteiger partial charge in [0.25, 0.3) is 0 Å². The number of aromatic nitrogens is 1. The number of hydrogen-bond acceptors (Lipinski definition) is 4. The van der Waals surface area contributed by atoms with E-state index in [0.29, 0.717) is 24.1 Å². The fourth-order valence-electron chi connectivity index (χ4n) is 2.22. The first-order chi connectivity index (χ1) is 9.06. The summed E-state index contributed by atoms with van der Waals surface area (Å²) in [6.07, 6.45) is 2.46. The number of nitrogens with two attached hydrogens (primary N) is 1. The Bertz CT molecular complexity index is 412. The first kappa shape index (κ1) is 14.0. The Morgan fingerprint density at radius 2 is 2.05 bits per heavy atom. The Hall–Kier alpha value is -1.45. The lowest BCUT2D eigenvalue weighted by atomic mass is 9.99. The van der Waals surface area contributed by atoms with Gasteiger partial charge in [-0.25, -0.2) is 0 Å². The first-order valence-corrected chi connectivity index (χ1v) is 7.20. The summed E-state index contributed by atoms with van der Waals surface area (Å²) in [6, 6.07) is 3.89. The lowest BCUT2D eigenvalue weighted by molar-refractivity contribution is 0.263. The highest BCUT2D eigenvalue weighted by Crippen LogP contribution is 2.26. The van der Waals surface area contributed by atoms with Gasteiger partial charge in [-0.1, -0.05) is 20.8 Å². The Kier molecular flexibility index (Phi) is 4.51. The molecule has 0 bridgehead atoms. The molecule has 2 heterocycles. The smallest absolute Gasteiger partial charge is 0.239 e. The second-order valence-corrected chi connectivity index (χ2v) is 5.94. The van der Waals surface area contributed by atoms with Gasteiger partial charge < -0.3 is 15.4 Å². The monoisotopic (exact) mass is 263 g/mol. The summed E-state index contributed by atoms with van der Waals surface area (Å²) in [7, 11) is 0. The number of hydrogen-bond donors (Lipinski definition) is 1. The maximum atomic E-state index is 5.92. The SMILES string of the molecule is CC(C)COc1nc(N2CCC(C)CC2)ccc1N. The van der Waals surface area contributed by atoms with Crippen LogP contribution in [0, 0.1) is 11.8 Å². The molecule has 1 saturated heterocycles. The summed E-state index contributed by atoms with van der Waals surface area (Å²) in [4.78, 5) is 6.89. The van der Waals surface area contributed by atoms with E-state index >= 15 is 0 Å². The average molecular weight is 263 g/mol. The largest absolute Gasteiger partial charge is 0.476 e. The van der Waals surface area contributed by atoms with E-state index in [2.05, 4.69) is 30.7 Å². The molecule has 1 aliphatic heterocycles. The van der Waals surface area contributed by atoms with Crippen molar-refractivity contribution in [3.63, 3.8) is 0 Å². The lowest BCUT2D eigenvalue weighted by Crippen LogP contribution is -2.33. The fourth-order valence-corrected chi connectivity index (χ4v) is 2.22. The van der Waals surface area contributed by atoms with Crippen LogP contribution in [0.1, 0.15) is 33.6 Å². The van der Waals surface area contributed by atoms with Crippen LogP contribution in [0.3, 0.4) is 0 Å². The van der Waals surface area contributed by atoms with Crippen LogP contribution in [0.5, 0.6) is 5.88 Å². The van der Waals surface area contributed by atoms with Crippen molar-refractivity contribution in [3.8, 4) is 5.88 Å². The van der Waals surface area contributed by atoms with Crippen LogP contribution in [0.4, 0.5) is 11.5 Å². The van der Waals surface area contributed by atoms with Crippen molar-refractivity contribution in [2.45, 2.75) is 33.6 Å². The number of anilines is 2. The van der Waals surface area contributed by atoms with Crippen LogP contribution < -0.4 is 15.4 Å². The Morgan fingerprint density at radius 1 is 1.37 bits per heavy atom. The van der Waals surface area contributed by atoms with Crippen LogP contribution >= 0.6 is 0 Å². The minimum Gasteiger partial charge on any atom is -0.476 e. The van der Waals surface area contributed by atoms with Gasteiger partial charge in [-0.05, 0) is 36.8 Å². The molecule has 0 unspecified atom stereocenters. The summed E-state index contributed by atoms with van der Waals surface area (Å²) in [5, 5.41) is 0. The molecule has 0 saturated carbocycles. The van der Waals surface area contributed by atoms with E-state index in [0.717, 1.165) is 24.8 Å². The molecule has 2 rings (SSSR count). The molecule has 0 radical (unpaired) electrons. The summed E-state index contributed by atoms with van der Waals surface area (Å²) in [6.45, 7) is 9.34. The molecule has 1 fully saturated rings. The van der Waals surface area contributed by atoms with Crippen molar-refractivity contribution in [2.24, 2.45) is 11.8 Å². The predicted octanol–water partition coefficient (Wildman–Crippen LogP) is 2.93. The van der Waals surface area contributed by atoms with Crippen molar-refractivity contribution in [2.75, 3.05) is 30.3 Å². The third-order valence-electron chi connectivity index (χ3n) is 3.54. The van der Waals surface area contributed by atoms with Crippen molar-refractivity contribution >= 4 is 11.5 Å². The van der Waals surface area contributed by atoms with Crippen molar-refractivity contribution in [1.82, 2.24) is 4.98 Å². The second-order valence-electron chi connectivity index (χ2n) is 5.94. The highest BCUT2D eigenvalue weighted by molar-refractivity contribution is 5.54. The molecule has 0 amide bonds. The number of nitrogens with zero attached hydrogens (tertiary/aromatic N) is 2. The van der Waals surface area contributed by atoms with Crippen molar-refractivity contribution in [1.29, 1.82) is 0 Å². The zero-order valence-electron chi connectivity index (χ0n) is 12.2. The number of nitrogen functional groups attached to an aromatic ring is 1. The molecule has 1 aromatic heterocycles. The summed E-state index contributed by atoms with van der Waals surface area (Å²) in [5.41, 5.74) is 6.54. The van der Waals surface area contributed by atoms with Crippen LogP contribution in [0.2, 0.25) is 0 Å². The van der Waals surface area contributed by atoms with E-state index in [1.54, 1.807) is 0 Å². The maximum Gasteiger partial charge on any atom is 0.239 e. The van der Waals surface area contributed by atoms with Gasteiger partial charge in [0, 0.05) is 13.1 Å². The molecule has 0 atom stereocenters. The Morgan fingerprint density at radius 3 is 2.68 bits per heavy atom. The molecule has 4 heteroatoms. The number of pyridine rings is 1. The molecular weight excluding hydrogens is 238 g/mol. The Balaban J connectivity index is 2.07. The molecular formula is C15H25N3O. The van der Waals surface area contributed by atoms with Crippen LogP contribution in [0.15, 0.2) is 12.1 Å². The minimum atomic E-state index is 0.473. The third-order valence-corrected chi connectivity index (χ3v) is 3.54. The molecule has 1 aromatic rings. The minimum absolute atomic E-state index is 0.473. The molecule has 2 N–H and O–H groups in total. The van der Waals surface area contributed by atoms with Gasteiger partial charge >= 0.3 is 0 Å². The van der Waals surface area contributed by atoms with Crippen LogP contribution in [0.25, 0.3) is 0 Å². The number of ether oxygens (including phenoxy) is 1. The highest BCUT2D eigenvalue weighted by Gasteiger charge is 2.18. The fraction of sp³-hybridized carbons (Fsp3) is 0.667. The standard InChI is InChI=1S/C15H25N3O/c1-11(2)10-19-15-13(16)4-5-14(17-15)18-8-6-12(3)7-9-18/h4-5,11-12H,6-10,16H2,1-3H3. The van der Waals surface area contributed by atoms with Gasteiger partial charge in [0.05, 0.1) is 12.3 Å². The lowest BCUT2D eigenvalue weighted by Gasteiger charge is -2.31. The molecule has 0 spiro atoms. The van der Waals surface area contributed by atoms with E-state index in [1.807, 2.05) is 12.1 Å². The van der Waals surface area contributed by atoms with Gasteiger partial charge in [0.15, 0.2) is 0 Å². The van der Waals surface area contributed by atoms with Gasteiger partial charge in [-0.3, -0.25) is 0 Å². The highest BCUT2D eigenvalue weighted by atomic mass is 16.5. The normalized spacial score (nSPS) is 16.9. The maximum absolute atomic E-state index is 5.92. The topological polar surface area (TPSA) is 51.4 Å². The predicted molar refractivity (Wildman–Crippen MR) is 79.6 cm³/mol. The van der Waals surface area contributed by atoms with Crippen molar-refractivity contribution < 1.29 is 4.74 Å². The number of piperidine rings is 1. The first-order valence-electron chi connectivity index (χ1n) is 7.20. The molecule has 4 nitrogen and oxygen atoms in total. The molecule has 1 aliphatic rings. The van der Waals surface area contributed by atoms with Crippen LogP contribution in [-0.2, 0) is 0 Å². The molecule has 0 aliphatic carbocycles. The average Bonchev–Trinajstić information content (AvgIpc) is 2.39. The van der Waals surface area contributed by atoms with Gasteiger partial charge in [0.1, 0.15) is 5.82 Å². The van der Waals surface area contributed by atoms with Gasteiger partial charge in [-0.15, -0.1) is 0 Å². The Labute approximate surface area is 116 Å². The molecule has 19 heavy (non-hydrogen) atoms. The second kappa shape index (κ2) is 6.13. The summed E-state index contributed by atoms with van der Waals surface area (Å²) in [5.74, 6) is 2.85. The van der Waals surface area contributed by atoms with E-state index in [4.69, 9.17) is 10.5 Å². The van der Waals surface area contributed by atoms with Gasteiger partial charge in [-0.2, -0.15) is 4.98 Å². The summed E-state index contributed by atoms with van der Waals surface area (Å²) < 4.78 is 5.69. The van der Waals surface area contributed by atoms with Crippen LogP contribution in [-0.4, -0.2) is 24.7 Å². The van der Waals surface area contributed by atoms with E-state index in [9.17, 15) is 0 Å². The van der Waals surface area contributed by atoms with Gasteiger partial charge in [0.2, 0.25) is 5.88 Å². The quantitative estimate of drug-likeness (QED) is 0.907. The summed E-state index contributed by atoms with van der Waals surface area (Å²) >= 11 is 0. The van der Waals surface area contributed by atoms with Crippen molar-refractivity contribution in [3.05, 3.63) is 12.1 Å². The van der Waals surface area contributed by atoms with E-state index < -0.39 is 0 Å². The zero-order chi connectivity index (χ0) is 13.8. The molecule has 0 aromatic carbocycles. The number of rotatable bonds is 4. The molecule has 106 valence electrons. The van der Waals surface area contributed by atoms with E-state index in [1.165, 1.54) is 12.8 Å². The zero-order valence-corrected chi connectivity index (χ0v) is 12.2. The van der Waals surface area contributed by atoms with E-state index in [-0.39, 0.29) is 0 Å². The third kappa shape index (κ3) is 3.75.